The molecule has 1 aliphatic carbocycles. The third-order valence-electron chi connectivity index (χ3n) is 3.45. The summed E-state index contributed by atoms with van der Waals surface area (Å²) in [6.07, 6.45) is 5.32. The van der Waals surface area contributed by atoms with E-state index in [1.54, 1.807) is 0 Å². The van der Waals surface area contributed by atoms with Gasteiger partial charge in [-0.25, -0.2) is 0 Å². The third kappa shape index (κ3) is 5.04. The molecule has 1 aliphatic rings. The fourth-order valence-corrected chi connectivity index (χ4v) is 2.60. The van der Waals surface area contributed by atoms with E-state index >= 15 is 0 Å². The number of amides is 1. The van der Waals surface area contributed by atoms with Gasteiger partial charge in [0, 0.05) is 12.0 Å². The van der Waals surface area contributed by atoms with Gasteiger partial charge in [-0.3, -0.25) is 4.79 Å². The summed E-state index contributed by atoms with van der Waals surface area (Å²) in [6.45, 7) is 4.16. The Morgan fingerprint density at radius 1 is 1.41 bits per heavy atom. The van der Waals surface area contributed by atoms with E-state index in [2.05, 4.69) is 19.2 Å². The van der Waals surface area contributed by atoms with E-state index in [0.717, 1.165) is 32.1 Å². The van der Waals surface area contributed by atoms with Crippen LogP contribution in [-0.2, 0) is 4.79 Å². The predicted octanol–water partition coefficient (Wildman–Crippen LogP) is 1.17. The fourth-order valence-electron chi connectivity index (χ4n) is 2.60. The standard InChI is InChI=1S/C13H26N2O2/c1-10(2)7-11(9-16)15-12(17)8-13(14)5-3-4-6-13/h10-11,16H,3-9,14H2,1-2H3,(H,15,17). The number of carbonyl (C=O) groups is 1. The van der Waals surface area contributed by atoms with Gasteiger partial charge in [0.25, 0.3) is 0 Å². The van der Waals surface area contributed by atoms with Crippen LogP contribution in [0.2, 0.25) is 0 Å². The topological polar surface area (TPSA) is 75.3 Å². The first-order valence-electron chi connectivity index (χ1n) is 6.64. The normalized spacial score (nSPS) is 20.5. The Hall–Kier alpha value is -0.610. The second-order valence-electron chi connectivity index (χ2n) is 5.82. The monoisotopic (exact) mass is 242 g/mol. The second kappa shape index (κ2) is 6.36. The van der Waals surface area contributed by atoms with Crippen LogP contribution in [0.5, 0.6) is 0 Å². The number of aliphatic hydroxyl groups is 1. The SMILES string of the molecule is CC(C)CC(CO)NC(=O)CC1(N)CCCC1. The molecule has 1 fully saturated rings. The van der Waals surface area contributed by atoms with Crippen molar-refractivity contribution in [1.29, 1.82) is 0 Å². The summed E-state index contributed by atoms with van der Waals surface area (Å²) in [4.78, 5) is 11.9. The smallest absolute Gasteiger partial charge is 0.222 e. The van der Waals surface area contributed by atoms with Crippen LogP contribution in [0.3, 0.4) is 0 Å². The molecule has 0 aliphatic heterocycles. The van der Waals surface area contributed by atoms with E-state index in [9.17, 15) is 9.90 Å². The number of nitrogens with two attached hydrogens (primary N) is 1. The van der Waals surface area contributed by atoms with Crippen LogP contribution >= 0.6 is 0 Å². The zero-order valence-electron chi connectivity index (χ0n) is 11.0. The molecular weight excluding hydrogens is 216 g/mol. The molecule has 0 aromatic rings. The molecule has 0 aromatic heterocycles. The molecule has 0 aromatic carbocycles. The molecule has 0 spiro atoms. The molecule has 1 saturated carbocycles. The number of hydrogen-bond donors (Lipinski definition) is 3. The molecule has 4 heteroatoms. The van der Waals surface area contributed by atoms with Crippen LogP contribution in [0.1, 0.15) is 52.4 Å². The summed E-state index contributed by atoms with van der Waals surface area (Å²) in [7, 11) is 0. The molecule has 1 rings (SSSR count). The Bertz CT molecular complexity index is 248. The van der Waals surface area contributed by atoms with Crippen molar-refractivity contribution in [2.45, 2.75) is 64.0 Å². The van der Waals surface area contributed by atoms with Crippen molar-refractivity contribution in [2.75, 3.05) is 6.61 Å². The van der Waals surface area contributed by atoms with Gasteiger partial charge in [-0.05, 0) is 25.2 Å². The Morgan fingerprint density at radius 3 is 2.47 bits per heavy atom. The van der Waals surface area contributed by atoms with Gasteiger partial charge in [0.15, 0.2) is 0 Å². The van der Waals surface area contributed by atoms with Crippen molar-refractivity contribution in [3.05, 3.63) is 0 Å². The average molecular weight is 242 g/mol. The van der Waals surface area contributed by atoms with Crippen molar-refractivity contribution in [3.63, 3.8) is 0 Å². The number of carbonyl (C=O) groups excluding carboxylic acids is 1. The van der Waals surface area contributed by atoms with Gasteiger partial charge < -0.3 is 16.2 Å². The number of aliphatic hydroxyl groups excluding tert-OH is 1. The van der Waals surface area contributed by atoms with Crippen molar-refractivity contribution in [1.82, 2.24) is 5.32 Å². The highest BCUT2D eigenvalue weighted by Gasteiger charge is 2.32. The van der Waals surface area contributed by atoms with Crippen LogP contribution in [0, 0.1) is 5.92 Å². The Morgan fingerprint density at radius 2 is 2.00 bits per heavy atom. The highest BCUT2D eigenvalue weighted by molar-refractivity contribution is 5.77. The van der Waals surface area contributed by atoms with Gasteiger partial charge >= 0.3 is 0 Å². The Kier molecular flexibility index (Phi) is 5.40. The quantitative estimate of drug-likeness (QED) is 0.654. The summed E-state index contributed by atoms with van der Waals surface area (Å²) < 4.78 is 0. The highest BCUT2D eigenvalue weighted by Crippen LogP contribution is 2.29. The lowest BCUT2D eigenvalue weighted by Crippen LogP contribution is -2.45. The zero-order chi connectivity index (χ0) is 12.9. The third-order valence-corrected chi connectivity index (χ3v) is 3.45. The maximum atomic E-state index is 11.9. The molecule has 17 heavy (non-hydrogen) atoms. The first kappa shape index (κ1) is 14.5. The zero-order valence-corrected chi connectivity index (χ0v) is 11.0. The van der Waals surface area contributed by atoms with E-state index < -0.39 is 0 Å². The summed E-state index contributed by atoms with van der Waals surface area (Å²) >= 11 is 0. The number of hydrogen-bond acceptors (Lipinski definition) is 3. The van der Waals surface area contributed by atoms with E-state index in [4.69, 9.17) is 5.73 Å². The van der Waals surface area contributed by atoms with Crippen molar-refractivity contribution >= 4 is 5.91 Å². The van der Waals surface area contributed by atoms with E-state index in [1.165, 1.54) is 0 Å². The van der Waals surface area contributed by atoms with Crippen LogP contribution in [0.15, 0.2) is 0 Å². The lowest BCUT2D eigenvalue weighted by molar-refractivity contribution is -0.123. The van der Waals surface area contributed by atoms with Gasteiger partial charge in [-0.2, -0.15) is 0 Å². The lowest BCUT2D eigenvalue weighted by Gasteiger charge is -2.25. The summed E-state index contributed by atoms with van der Waals surface area (Å²) in [5, 5.41) is 12.1. The second-order valence-corrected chi connectivity index (χ2v) is 5.82. The number of nitrogens with one attached hydrogen (secondary N) is 1. The summed E-state index contributed by atoms with van der Waals surface area (Å²) in [5.74, 6) is 0.444. The van der Waals surface area contributed by atoms with Crippen molar-refractivity contribution < 1.29 is 9.90 Å². The van der Waals surface area contributed by atoms with Gasteiger partial charge in [0.2, 0.25) is 5.91 Å². The summed E-state index contributed by atoms with van der Waals surface area (Å²) in [6, 6.07) is -0.132. The van der Waals surface area contributed by atoms with Crippen molar-refractivity contribution in [2.24, 2.45) is 11.7 Å². The molecule has 0 heterocycles. The Balaban J connectivity index is 2.36. The minimum absolute atomic E-state index is 0.00148. The van der Waals surface area contributed by atoms with E-state index in [-0.39, 0.29) is 24.1 Å². The van der Waals surface area contributed by atoms with Gasteiger partial charge in [0.05, 0.1) is 12.6 Å². The largest absolute Gasteiger partial charge is 0.394 e. The minimum atomic E-state index is -0.304. The van der Waals surface area contributed by atoms with Crippen molar-refractivity contribution in [3.8, 4) is 0 Å². The van der Waals surface area contributed by atoms with E-state index in [0.29, 0.717) is 12.3 Å². The maximum absolute atomic E-state index is 11.9. The Labute approximate surface area is 104 Å². The summed E-state index contributed by atoms with van der Waals surface area (Å²) in [5.41, 5.74) is 5.85. The highest BCUT2D eigenvalue weighted by atomic mass is 16.3. The molecule has 1 amide bonds. The van der Waals surface area contributed by atoms with Crippen LogP contribution < -0.4 is 11.1 Å². The molecule has 1 atom stereocenters. The molecule has 4 nitrogen and oxygen atoms in total. The van der Waals surface area contributed by atoms with Gasteiger partial charge in [0.1, 0.15) is 0 Å². The molecule has 1 unspecified atom stereocenters. The lowest BCUT2D eigenvalue weighted by atomic mass is 9.94. The minimum Gasteiger partial charge on any atom is -0.394 e. The van der Waals surface area contributed by atoms with Crippen LogP contribution in [0.25, 0.3) is 0 Å². The fraction of sp³-hybridized carbons (Fsp3) is 0.923. The van der Waals surface area contributed by atoms with E-state index in [1.807, 2.05) is 0 Å². The number of rotatable bonds is 6. The molecule has 0 bridgehead atoms. The molecule has 0 radical (unpaired) electrons. The molecule has 100 valence electrons. The predicted molar refractivity (Wildman–Crippen MR) is 68.5 cm³/mol. The van der Waals surface area contributed by atoms with Crippen LogP contribution in [-0.4, -0.2) is 29.2 Å². The first-order valence-corrected chi connectivity index (χ1v) is 6.64. The van der Waals surface area contributed by atoms with Gasteiger partial charge in [-0.1, -0.05) is 26.7 Å². The van der Waals surface area contributed by atoms with Crippen LogP contribution in [0.4, 0.5) is 0 Å². The average Bonchev–Trinajstić information content (AvgIpc) is 2.62. The molecule has 0 saturated heterocycles. The molecule has 4 N–H and O–H groups in total. The molecular formula is C13H26N2O2. The first-order chi connectivity index (χ1) is 7.95. The van der Waals surface area contributed by atoms with Gasteiger partial charge in [-0.15, -0.1) is 0 Å². The maximum Gasteiger partial charge on any atom is 0.222 e.